The van der Waals surface area contributed by atoms with Gasteiger partial charge in [0.25, 0.3) is 3.67 Å². The van der Waals surface area contributed by atoms with Crippen LogP contribution in [0.15, 0.2) is 24.3 Å². The molecular formula is C10H10Cl2O4S. The molecule has 17 heavy (non-hydrogen) atoms. The maximum absolute atomic E-state index is 11.8. The number of methoxy groups -OCH3 is 1. The maximum Gasteiger partial charge on any atom is 0.280 e. The molecule has 0 unspecified atom stereocenters. The molecule has 7 heteroatoms. The number of Topliss-reactive ketones (excluding diaryl/α,β-unsaturated/α-hetero) is 1. The first-order chi connectivity index (χ1) is 7.70. The van der Waals surface area contributed by atoms with Gasteiger partial charge >= 0.3 is 0 Å². The molecule has 0 spiro atoms. The number of halogens is 2. The number of benzene rings is 1. The van der Waals surface area contributed by atoms with Gasteiger partial charge in [-0.25, -0.2) is 8.42 Å². The molecule has 4 nitrogen and oxygen atoms in total. The van der Waals surface area contributed by atoms with Crippen molar-refractivity contribution in [3.8, 4) is 5.75 Å². The first-order valence-electron chi connectivity index (χ1n) is 4.46. The number of ketones is 1. The predicted molar refractivity (Wildman–Crippen MR) is 66.6 cm³/mol. The summed E-state index contributed by atoms with van der Waals surface area (Å²) < 4.78 is 25.0. The highest BCUT2D eigenvalue weighted by Crippen LogP contribution is 2.32. The van der Waals surface area contributed by atoms with Crippen LogP contribution in [0.5, 0.6) is 5.75 Å². The van der Waals surface area contributed by atoms with Crippen LogP contribution in [0.25, 0.3) is 0 Å². The van der Waals surface area contributed by atoms with E-state index >= 15 is 0 Å². The molecule has 0 aliphatic rings. The second-order valence-corrected chi connectivity index (χ2v) is 7.28. The molecule has 0 saturated heterocycles. The van der Waals surface area contributed by atoms with Gasteiger partial charge < -0.3 is 4.74 Å². The maximum atomic E-state index is 11.8. The van der Waals surface area contributed by atoms with E-state index < -0.39 is 19.3 Å². The molecule has 0 radical (unpaired) electrons. The van der Waals surface area contributed by atoms with E-state index in [1.165, 1.54) is 31.4 Å². The van der Waals surface area contributed by atoms with Crippen molar-refractivity contribution in [1.29, 1.82) is 0 Å². The SMILES string of the molecule is COc1ccc(C(=O)C(Cl)(Cl)S(C)(=O)=O)cc1. The summed E-state index contributed by atoms with van der Waals surface area (Å²) in [4.78, 5) is 11.8. The molecule has 0 aliphatic heterocycles. The average Bonchev–Trinajstić information content (AvgIpc) is 2.26. The molecule has 0 N–H and O–H groups in total. The third-order valence-electron chi connectivity index (χ3n) is 2.08. The fourth-order valence-corrected chi connectivity index (χ4v) is 1.75. The second-order valence-electron chi connectivity index (χ2n) is 3.35. The Kier molecular flexibility index (Phi) is 4.06. The topological polar surface area (TPSA) is 60.4 Å². The smallest absolute Gasteiger partial charge is 0.280 e. The molecule has 1 aromatic carbocycles. The summed E-state index contributed by atoms with van der Waals surface area (Å²) in [6.45, 7) is 0. The summed E-state index contributed by atoms with van der Waals surface area (Å²) in [6.07, 6.45) is 0.800. The lowest BCUT2D eigenvalue weighted by Crippen LogP contribution is -2.34. The van der Waals surface area contributed by atoms with Gasteiger partial charge in [0, 0.05) is 11.8 Å². The number of hydrogen-bond acceptors (Lipinski definition) is 4. The van der Waals surface area contributed by atoms with E-state index in [-0.39, 0.29) is 5.56 Å². The monoisotopic (exact) mass is 296 g/mol. The van der Waals surface area contributed by atoms with Gasteiger partial charge in [-0.3, -0.25) is 4.79 Å². The largest absolute Gasteiger partial charge is 0.497 e. The van der Waals surface area contributed by atoms with Crippen LogP contribution < -0.4 is 4.74 Å². The van der Waals surface area contributed by atoms with Crippen molar-refractivity contribution in [2.24, 2.45) is 0 Å². The van der Waals surface area contributed by atoms with Crippen molar-refractivity contribution in [2.75, 3.05) is 13.4 Å². The van der Waals surface area contributed by atoms with Crippen LogP contribution in [0.3, 0.4) is 0 Å². The van der Waals surface area contributed by atoms with Crippen molar-refractivity contribution in [3.05, 3.63) is 29.8 Å². The van der Waals surface area contributed by atoms with E-state index in [1.807, 2.05) is 0 Å². The van der Waals surface area contributed by atoms with Gasteiger partial charge in [0.2, 0.25) is 5.78 Å². The van der Waals surface area contributed by atoms with E-state index in [4.69, 9.17) is 27.9 Å². The summed E-state index contributed by atoms with van der Waals surface area (Å²) in [5.74, 6) is -0.346. The Hall–Kier alpha value is -0.780. The van der Waals surface area contributed by atoms with Crippen LogP contribution in [-0.2, 0) is 9.84 Å². The lowest BCUT2D eigenvalue weighted by atomic mass is 10.1. The second kappa shape index (κ2) is 4.84. The van der Waals surface area contributed by atoms with Crippen molar-refractivity contribution in [1.82, 2.24) is 0 Å². The first-order valence-corrected chi connectivity index (χ1v) is 7.11. The van der Waals surface area contributed by atoms with Gasteiger partial charge in [-0.15, -0.1) is 0 Å². The van der Waals surface area contributed by atoms with Crippen LogP contribution in [-0.4, -0.2) is 31.2 Å². The van der Waals surface area contributed by atoms with Gasteiger partial charge in [0.1, 0.15) is 5.75 Å². The van der Waals surface area contributed by atoms with Crippen LogP contribution in [0.2, 0.25) is 0 Å². The molecule has 0 bridgehead atoms. The van der Waals surface area contributed by atoms with E-state index in [0.717, 1.165) is 6.26 Å². The quantitative estimate of drug-likeness (QED) is 0.630. The van der Waals surface area contributed by atoms with Crippen LogP contribution in [0, 0.1) is 0 Å². The van der Waals surface area contributed by atoms with Crippen molar-refractivity contribution in [3.63, 3.8) is 0 Å². The van der Waals surface area contributed by atoms with Crippen molar-refractivity contribution < 1.29 is 17.9 Å². The third-order valence-corrected chi connectivity index (χ3v) is 5.22. The molecule has 0 fully saturated rings. The number of rotatable bonds is 4. The minimum absolute atomic E-state index is 0.0984. The van der Waals surface area contributed by atoms with Crippen molar-refractivity contribution in [2.45, 2.75) is 3.67 Å². The third kappa shape index (κ3) is 2.91. The Balaban J connectivity index is 3.13. The molecule has 0 aromatic heterocycles. The van der Waals surface area contributed by atoms with E-state index in [0.29, 0.717) is 5.75 Å². The number of carbonyl (C=O) groups excluding carboxylic acids is 1. The summed E-state index contributed by atoms with van der Waals surface area (Å²) in [6, 6.07) is 5.82. The lowest BCUT2D eigenvalue weighted by molar-refractivity contribution is 0.0996. The van der Waals surface area contributed by atoms with Crippen LogP contribution in [0.4, 0.5) is 0 Å². The normalized spacial score (nSPS) is 12.2. The Morgan fingerprint density at radius 3 is 2.06 bits per heavy atom. The van der Waals surface area contributed by atoms with Crippen molar-refractivity contribution >= 4 is 38.8 Å². The lowest BCUT2D eigenvalue weighted by Gasteiger charge is -2.15. The van der Waals surface area contributed by atoms with E-state index in [1.54, 1.807) is 0 Å². The molecule has 94 valence electrons. The van der Waals surface area contributed by atoms with Gasteiger partial charge in [0.15, 0.2) is 9.84 Å². The summed E-state index contributed by atoms with van der Waals surface area (Å²) in [7, 11) is -2.44. The Morgan fingerprint density at radius 2 is 1.71 bits per heavy atom. The van der Waals surface area contributed by atoms with E-state index in [2.05, 4.69) is 0 Å². The minimum atomic E-state index is -3.92. The minimum Gasteiger partial charge on any atom is -0.497 e. The van der Waals surface area contributed by atoms with Gasteiger partial charge in [-0.05, 0) is 24.3 Å². The van der Waals surface area contributed by atoms with Gasteiger partial charge in [-0.1, -0.05) is 23.2 Å². The summed E-state index contributed by atoms with van der Waals surface area (Å²) in [5.41, 5.74) is 0.0984. The fraction of sp³-hybridized carbons (Fsp3) is 0.300. The van der Waals surface area contributed by atoms with E-state index in [9.17, 15) is 13.2 Å². The van der Waals surface area contributed by atoms with Gasteiger partial charge in [0.05, 0.1) is 7.11 Å². The molecule has 0 amide bonds. The first kappa shape index (κ1) is 14.3. The number of carbonyl (C=O) groups is 1. The molecule has 1 aromatic rings. The molecular weight excluding hydrogens is 287 g/mol. The molecule has 0 atom stereocenters. The highest BCUT2D eigenvalue weighted by molar-refractivity contribution is 7.95. The number of hydrogen-bond donors (Lipinski definition) is 0. The molecule has 0 aliphatic carbocycles. The zero-order valence-electron chi connectivity index (χ0n) is 9.11. The summed E-state index contributed by atoms with van der Waals surface area (Å²) >= 11 is 11.1. The van der Waals surface area contributed by atoms with Crippen LogP contribution >= 0.6 is 23.2 Å². The Morgan fingerprint density at radius 1 is 1.24 bits per heavy atom. The zero-order chi connectivity index (χ0) is 13.3. The van der Waals surface area contributed by atoms with Crippen LogP contribution in [0.1, 0.15) is 10.4 Å². The highest BCUT2D eigenvalue weighted by atomic mass is 35.5. The number of alkyl halides is 2. The fourth-order valence-electron chi connectivity index (χ4n) is 1.08. The molecule has 0 saturated carbocycles. The zero-order valence-corrected chi connectivity index (χ0v) is 11.4. The average molecular weight is 297 g/mol. The molecule has 0 heterocycles. The predicted octanol–water partition coefficient (Wildman–Crippen LogP) is 2.05. The Labute approximate surface area is 109 Å². The Bertz CT molecular complexity index is 520. The molecule has 1 rings (SSSR count). The highest BCUT2D eigenvalue weighted by Gasteiger charge is 2.44. The van der Waals surface area contributed by atoms with Gasteiger partial charge in [-0.2, -0.15) is 0 Å². The number of sulfone groups is 1. The summed E-state index contributed by atoms with van der Waals surface area (Å²) in [5, 5.41) is 0. The number of ether oxygens (including phenoxy) is 1. The standard InChI is InChI=1S/C10H10Cl2O4S/c1-16-8-5-3-7(4-6-8)9(13)10(11,12)17(2,14)15/h3-6H,1-2H3.